The van der Waals surface area contributed by atoms with Gasteiger partial charge in [0.25, 0.3) is 0 Å². The lowest BCUT2D eigenvalue weighted by molar-refractivity contribution is -0.138. The second-order valence-electron chi connectivity index (χ2n) is 8.15. The highest BCUT2D eigenvalue weighted by atomic mass is 35.5. The monoisotopic (exact) mass is 504 g/mol. The number of alkyl halides is 3. The van der Waals surface area contributed by atoms with Gasteiger partial charge >= 0.3 is 6.18 Å². The highest BCUT2D eigenvalue weighted by molar-refractivity contribution is 6.33. The Labute approximate surface area is 205 Å². The molecule has 1 aliphatic rings. The molecule has 3 aromatic rings. The Bertz CT molecular complexity index is 1200. The lowest BCUT2D eigenvalue weighted by atomic mass is 9.96. The number of rotatable bonds is 6. The van der Waals surface area contributed by atoms with Crippen LogP contribution in [0.3, 0.4) is 0 Å². The first-order chi connectivity index (χ1) is 16.8. The molecule has 0 radical (unpaired) electrons. The fourth-order valence-corrected chi connectivity index (χ4v) is 4.22. The van der Waals surface area contributed by atoms with Gasteiger partial charge in [0, 0.05) is 38.2 Å². The fourth-order valence-electron chi connectivity index (χ4n) is 4.00. The van der Waals surface area contributed by atoms with E-state index >= 15 is 0 Å². The predicted molar refractivity (Wildman–Crippen MR) is 128 cm³/mol. The van der Waals surface area contributed by atoms with Crippen molar-refractivity contribution in [1.29, 1.82) is 0 Å². The van der Waals surface area contributed by atoms with Gasteiger partial charge in [0.05, 0.1) is 10.6 Å². The molecule has 0 spiro atoms. The minimum absolute atomic E-state index is 0.0441. The first-order valence-corrected chi connectivity index (χ1v) is 11.5. The molecule has 4 rings (SSSR count). The smallest absolute Gasteiger partial charge is 0.357 e. The van der Waals surface area contributed by atoms with Gasteiger partial charge in [-0.1, -0.05) is 41.9 Å². The van der Waals surface area contributed by atoms with Crippen molar-refractivity contribution < 1.29 is 18.0 Å². The number of amides is 1. The third kappa shape index (κ3) is 5.82. The van der Waals surface area contributed by atoms with Gasteiger partial charge in [-0.05, 0) is 36.6 Å². The summed E-state index contributed by atoms with van der Waals surface area (Å²) in [6.45, 7) is 0.869. The number of nitrogens with zero attached hydrogens (tertiary/aromatic N) is 4. The maximum atomic E-state index is 13.2. The van der Waals surface area contributed by atoms with Crippen LogP contribution in [0.4, 0.5) is 25.1 Å². The van der Waals surface area contributed by atoms with Crippen LogP contribution in [0.1, 0.15) is 24.0 Å². The maximum Gasteiger partial charge on any atom is 0.416 e. The summed E-state index contributed by atoms with van der Waals surface area (Å²) in [6, 6.07) is 12.5. The quantitative estimate of drug-likeness (QED) is 0.502. The zero-order chi connectivity index (χ0) is 25.0. The summed E-state index contributed by atoms with van der Waals surface area (Å²) in [6.07, 6.45) is -3.42. The van der Waals surface area contributed by atoms with Crippen molar-refractivity contribution in [3.8, 4) is 11.4 Å². The minimum atomic E-state index is -4.47. The summed E-state index contributed by atoms with van der Waals surface area (Å²) in [7, 11) is 1.71. The Morgan fingerprint density at radius 2 is 1.74 bits per heavy atom. The number of anilines is 2. The Kier molecular flexibility index (Phi) is 7.39. The summed E-state index contributed by atoms with van der Waals surface area (Å²) >= 11 is 6.31. The number of aromatic nitrogens is 3. The third-order valence-corrected chi connectivity index (χ3v) is 6.22. The number of benzene rings is 2. The topological polar surface area (TPSA) is 83.0 Å². The van der Waals surface area contributed by atoms with Gasteiger partial charge in [-0.2, -0.15) is 28.1 Å². The van der Waals surface area contributed by atoms with E-state index in [9.17, 15) is 18.0 Å². The van der Waals surface area contributed by atoms with Crippen LogP contribution in [0.15, 0.2) is 48.5 Å². The van der Waals surface area contributed by atoms with Gasteiger partial charge in [-0.15, -0.1) is 0 Å². The van der Waals surface area contributed by atoms with Crippen LogP contribution in [0, 0.1) is 5.92 Å². The SMILES string of the molecule is CNc1nc(-c2ccccc2Cl)nc(N2CCC(C(=O)NCc3ccccc3C(F)(F)F)CC2)n1. The molecule has 0 atom stereocenters. The van der Waals surface area contributed by atoms with E-state index < -0.39 is 11.7 Å². The Morgan fingerprint density at radius 1 is 1.06 bits per heavy atom. The van der Waals surface area contributed by atoms with Crippen LogP contribution < -0.4 is 15.5 Å². The molecule has 2 heterocycles. The van der Waals surface area contributed by atoms with Gasteiger partial charge in [0.1, 0.15) is 0 Å². The highest BCUT2D eigenvalue weighted by Crippen LogP contribution is 2.32. The van der Waals surface area contributed by atoms with Crippen LogP contribution in [0.5, 0.6) is 0 Å². The molecule has 0 aliphatic carbocycles. The number of nitrogens with one attached hydrogen (secondary N) is 2. The number of carbonyl (C=O) groups is 1. The average Bonchev–Trinajstić information content (AvgIpc) is 2.87. The van der Waals surface area contributed by atoms with Gasteiger partial charge in [0.15, 0.2) is 5.82 Å². The predicted octanol–water partition coefficient (Wildman–Crippen LogP) is 4.79. The molecule has 1 aliphatic heterocycles. The highest BCUT2D eigenvalue weighted by Gasteiger charge is 2.33. The van der Waals surface area contributed by atoms with E-state index in [-0.39, 0.29) is 23.9 Å². The van der Waals surface area contributed by atoms with Crippen molar-refractivity contribution >= 4 is 29.4 Å². The molecule has 11 heteroatoms. The number of piperidine rings is 1. The van der Waals surface area contributed by atoms with Crippen LogP contribution in [0.2, 0.25) is 5.02 Å². The molecule has 0 unspecified atom stereocenters. The fraction of sp³-hybridized carbons (Fsp3) is 0.333. The molecule has 2 N–H and O–H groups in total. The molecule has 35 heavy (non-hydrogen) atoms. The lowest BCUT2D eigenvalue weighted by Crippen LogP contribution is -2.41. The van der Waals surface area contributed by atoms with Gasteiger partial charge in [-0.3, -0.25) is 4.79 Å². The lowest BCUT2D eigenvalue weighted by Gasteiger charge is -2.31. The summed E-state index contributed by atoms with van der Waals surface area (Å²) in [5.41, 5.74) is -0.00926. The van der Waals surface area contributed by atoms with Crippen LogP contribution in [-0.4, -0.2) is 41.0 Å². The molecule has 184 valence electrons. The molecule has 1 saturated heterocycles. The van der Waals surface area contributed by atoms with E-state index in [1.54, 1.807) is 13.1 Å². The molecular weight excluding hydrogens is 481 g/mol. The van der Waals surface area contributed by atoms with Crippen LogP contribution >= 0.6 is 11.6 Å². The number of halogens is 4. The first-order valence-electron chi connectivity index (χ1n) is 11.1. The third-order valence-electron chi connectivity index (χ3n) is 5.89. The minimum Gasteiger partial charge on any atom is -0.357 e. The molecule has 0 saturated carbocycles. The first kappa shape index (κ1) is 24.7. The van der Waals surface area contributed by atoms with Crippen molar-refractivity contribution in [3.05, 3.63) is 64.7 Å². The molecule has 7 nitrogen and oxygen atoms in total. The van der Waals surface area contributed by atoms with Crippen molar-refractivity contribution in [2.24, 2.45) is 5.92 Å². The Morgan fingerprint density at radius 3 is 2.43 bits per heavy atom. The van der Waals surface area contributed by atoms with E-state index in [2.05, 4.69) is 25.6 Å². The second kappa shape index (κ2) is 10.5. The normalized spacial score (nSPS) is 14.6. The van der Waals surface area contributed by atoms with E-state index in [4.69, 9.17) is 11.6 Å². The van der Waals surface area contributed by atoms with E-state index in [0.717, 1.165) is 6.07 Å². The van der Waals surface area contributed by atoms with Crippen molar-refractivity contribution in [1.82, 2.24) is 20.3 Å². The zero-order valence-corrected chi connectivity index (χ0v) is 19.7. The summed E-state index contributed by atoms with van der Waals surface area (Å²) < 4.78 is 39.6. The van der Waals surface area contributed by atoms with E-state index in [1.807, 2.05) is 23.1 Å². The van der Waals surface area contributed by atoms with Crippen LogP contribution in [0.25, 0.3) is 11.4 Å². The van der Waals surface area contributed by atoms with Crippen LogP contribution in [-0.2, 0) is 17.5 Å². The summed E-state index contributed by atoms with van der Waals surface area (Å²) in [4.78, 5) is 28.1. The number of hydrogen-bond acceptors (Lipinski definition) is 6. The second-order valence-corrected chi connectivity index (χ2v) is 8.55. The number of carbonyl (C=O) groups excluding carboxylic acids is 1. The van der Waals surface area contributed by atoms with E-state index in [0.29, 0.717) is 54.2 Å². The van der Waals surface area contributed by atoms with Crippen molar-refractivity contribution in [2.45, 2.75) is 25.6 Å². The summed E-state index contributed by atoms with van der Waals surface area (Å²) in [5.74, 6) is 0.737. The Balaban J connectivity index is 1.41. The van der Waals surface area contributed by atoms with Gasteiger partial charge in [-0.25, -0.2) is 0 Å². The number of hydrogen-bond donors (Lipinski definition) is 2. The average molecular weight is 505 g/mol. The van der Waals surface area contributed by atoms with E-state index in [1.165, 1.54) is 18.2 Å². The molecular formula is C24H24ClF3N6O. The molecule has 1 fully saturated rings. The van der Waals surface area contributed by atoms with Gasteiger partial charge in [0.2, 0.25) is 17.8 Å². The molecule has 2 aromatic carbocycles. The van der Waals surface area contributed by atoms with Crippen molar-refractivity contribution in [3.63, 3.8) is 0 Å². The zero-order valence-electron chi connectivity index (χ0n) is 18.9. The largest absolute Gasteiger partial charge is 0.416 e. The maximum absolute atomic E-state index is 13.2. The standard InChI is InChI=1S/C24H24ClF3N6O/c1-29-22-31-20(17-7-3-5-9-19(17)25)32-23(33-22)34-12-10-15(11-13-34)21(35)30-14-16-6-2-4-8-18(16)24(26,27)28/h2-9,15H,10-14H2,1H3,(H,30,35)(H,29,31,32,33). The van der Waals surface area contributed by atoms with Gasteiger partial charge < -0.3 is 15.5 Å². The molecule has 1 aromatic heterocycles. The molecule has 0 bridgehead atoms. The van der Waals surface area contributed by atoms with Crippen molar-refractivity contribution in [2.75, 3.05) is 30.4 Å². The molecule has 1 amide bonds. The summed E-state index contributed by atoms with van der Waals surface area (Å²) in [5, 5.41) is 6.12. The Hall–Kier alpha value is -3.40.